The molecular formula is C14H18. The Bertz CT molecular complexity index is 395. The third-order valence-electron chi connectivity index (χ3n) is 8.79. The summed E-state index contributed by atoms with van der Waals surface area (Å²) in [4.78, 5) is 0. The van der Waals surface area contributed by atoms with E-state index in [0.29, 0.717) is 0 Å². The van der Waals surface area contributed by atoms with Crippen LogP contribution < -0.4 is 0 Å². The van der Waals surface area contributed by atoms with E-state index in [9.17, 15) is 0 Å². The molecule has 0 saturated heterocycles. The molecule has 0 aromatic carbocycles. The van der Waals surface area contributed by atoms with Gasteiger partial charge in [-0.25, -0.2) is 0 Å². The van der Waals surface area contributed by atoms with Crippen molar-refractivity contribution in [1.29, 1.82) is 0 Å². The maximum atomic E-state index is 1.69. The van der Waals surface area contributed by atoms with E-state index in [4.69, 9.17) is 0 Å². The molecule has 2 bridgehead atoms. The Hall–Kier alpha value is 0. The van der Waals surface area contributed by atoms with Crippen molar-refractivity contribution < 1.29 is 0 Å². The fourth-order valence-corrected chi connectivity index (χ4v) is 8.84. The van der Waals surface area contributed by atoms with Gasteiger partial charge in [0.25, 0.3) is 0 Å². The number of rotatable bonds is 0. The Morgan fingerprint density at radius 3 is 2.00 bits per heavy atom. The van der Waals surface area contributed by atoms with Gasteiger partial charge in [0.2, 0.25) is 0 Å². The van der Waals surface area contributed by atoms with E-state index in [1.807, 2.05) is 0 Å². The third-order valence-corrected chi connectivity index (χ3v) is 8.79. The van der Waals surface area contributed by atoms with Crippen molar-refractivity contribution in [2.24, 2.45) is 33.5 Å². The van der Waals surface area contributed by atoms with Gasteiger partial charge < -0.3 is 0 Å². The zero-order chi connectivity index (χ0) is 8.81. The second-order valence-corrected chi connectivity index (χ2v) is 7.53. The summed E-state index contributed by atoms with van der Waals surface area (Å²) >= 11 is 0. The maximum Gasteiger partial charge on any atom is -0.0142 e. The van der Waals surface area contributed by atoms with Crippen LogP contribution in [0.5, 0.6) is 0 Å². The van der Waals surface area contributed by atoms with Crippen molar-refractivity contribution in [3.63, 3.8) is 0 Å². The summed E-state index contributed by atoms with van der Waals surface area (Å²) in [6, 6.07) is 0. The molecule has 6 rings (SSSR count). The molecule has 0 aromatic heterocycles. The normalized spacial score (nSPS) is 84.0. The molecule has 0 heterocycles. The molecule has 0 N–H and O–H groups in total. The average Bonchev–Trinajstić information content (AvgIpc) is 2.47. The Morgan fingerprint density at radius 1 is 0.714 bits per heavy atom. The minimum Gasteiger partial charge on any atom is -0.0496 e. The molecule has 6 atom stereocenters. The van der Waals surface area contributed by atoms with Crippen LogP contribution in [0.25, 0.3) is 0 Å². The quantitative estimate of drug-likeness (QED) is 0.544. The van der Waals surface area contributed by atoms with Gasteiger partial charge in [-0.1, -0.05) is 0 Å². The van der Waals surface area contributed by atoms with Crippen molar-refractivity contribution in [3.8, 4) is 0 Å². The van der Waals surface area contributed by atoms with Gasteiger partial charge in [0, 0.05) is 0 Å². The van der Waals surface area contributed by atoms with E-state index in [1.165, 1.54) is 11.8 Å². The predicted octanol–water partition coefficient (Wildman–Crippen LogP) is 3.37. The second kappa shape index (κ2) is 1.30. The highest BCUT2D eigenvalue weighted by atomic mass is 15.0. The van der Waals surface area contributed by atoms with Crippen molar-refractivity contribution in [3.05, 3.63) is 0 Å². The monoisotopic (exact) mass is 186 g/mol. The molecule has 0 radical (unpaired) electrons. The molecule has 74 valence electrons. The van der Waals surface area contributed by atoms with Gasteiger partial charge in [-0.3, -0.25) is 0 Å². The summed E-state index contributed by atoms with van der Waals surface area (Å²) in [6.45, 7) is 0. The van der Waals surface area contributed by atoms with Gasteiger partial charge in [0.05, 0.1) is 0 Å². The van der Waals surface area contributed by atoms with Crippen LogP contribution in [0.4, 0.5) is 0 Å². The zero-order valence-electron chi connectivity index (χ0n) is 8.81. The van der Waals surface area contributed by atoms with Crippen molar-refractivity contribution in [2.45, 2.75) is 51.4 Å². The van der Waals surface area contributed by atoms with E-state index < -0.39 is 0 Å². The van der Waals surface area contributed by atoms with Gasteiger partial charge in [-0.15, -0.1) is 0 Å². The highest BCUT2D eigenvalue weighted by Gasteiger charge is 3.01. The van der Waals surface area contributed by atoms with E-state index >= 15 is 0 Å². The molecule has 0 nitrogen and oxygen atoms in total. The summed E-state index contributed by atoms with van der Waals surface area (Å²) < 4.78 is 0. The standard InChI is InChI=1S/C14H18/c1-2-14-10-8-13(14)6-4-11(13)3-5-12(11,14)7-9(1)10/h9-10H,1-8H2. The Kier molecular flexibility index (Phi) is 0.607. The summed E-state index contributed by atoms with van der Waals surface area (Å²) in [6.07, 6.45) is 13.3. The topological polar surface area (TPSA) is 0 Å². The van der Waals surface area contributed by atoms with E-state index in [0.717, 1.165) is 21.7 Å². The molecule has 6 aliphatic carbocycles. The SMILES string of the molecule is C1CC23C4CC25CCC52CCC23CC14. The van der Waals surface area contributed by atoms with Crippen LogP contribution >= 0.6 is 0 Å². The first-order valence-electron chi connectivity index (χ1n) is 6.82. The van der Waals surface area contributed by atoms with Crippen LogP contribution in [0, 0.1) is 33.5 Å². The van der Waals surface area contributed by atoms with Gasteiger partial charge in [0.15, 0.2) is 0 Å². The summed E-state index contributed by atoms with van der Waals surface area (Å²) in [7, 11) is 0. The lowest BCUT2D eigenvalue weighted by Crippen LogP contribution is -2.91. The fraction of sp³-hybridized carbons (Fsp3) is 1.00. The Morgan fingerprint density at radius 2 is 1.43 bits per heavy atom. The highest BCUT2D eigenvalue weighted by molar-refractivity contribution is 5.49. The first kappa shape index (κ1) is 6.55. The van der Waals surface area contributed by atoms with Crippen LogP contribution in [0.3, 0.4) is 0 Å². The largest absolute Gasteiger partial charge is 0.0496 e. The van der Waals surface area contributed by atoms with Gasteiger partial charge in [-0.05, 0) is 84.9 Å². The lowest BCUT2D eigenvalue weighted by Gasteiger charge is -2.97. The van der Waals surface area contributed by atoms with Gasteiger partial charge in [0.1, 0.15) is 0 Å². The molecule has 0 amide bonds. The molecule has 0 heteroatoms. The van der Waals surface area contributed by atoms with Crippen LogP contribution in [0.2, 0.25) is 0 Å². The first-order chi connectivity index (χ1) is 6.82. The molecule has 6 aliphatic rings. The molecule has 6 saturated carbocycles. The number of hydrogen-bond donors (Lipinski definition) is 0. The van der Waals surface area contributed by atoms with Crippen LogP contribution in [-0.2, 0) is 0 Å². The minimum absolute atomic E-state index is 0.976. The molecule has 0 aliphatic heterocycles. The predicted molar refractivity (Wildman–Crippen MR) is 53.6 cm³/mol. The highest BCUT2D eigenvalue weighted by Crippen LogP contribution is 3.08. The molecule has 4 spiro atoms. The zero-order valence-corrected chi connectivity index (χ0v) is 8.81. The van der Waals surface area contributed by atoms with Gasteiger partial charge in [-0.2, -0.15) is 0 Å². The lowest BCUT2D eigenvalue weighted by atomic mass is 9.06. The Balaban J connectivity index is 1.73. The van der Waals surface area contributed by atoms with E-state index in [2.05, 4.69) is 0 Å². The molecule has 0 aromatic rings. The molecule has 6 unspecified atom stereocenters. The van der Waals surface area contributed by atoms with E-state index in [1.54, 1.807) is 51.4 Å². The summed E-state index contributed by atoms with van der Waals surface area (Å²) in [5, 5.41) is 0. The summed E-state index contributed by atoms with van der Waals surface area (Å²) in [5.74, 6) is 2.46. The number of hydrogen-bond acceptors (Lipinski definition) is 0. The third kappa shape index (κ3) is 0.251. The first-order valence-corrected chi connectivity index (χ1v) is 6.82. The van der Waals surface area contributed by atoms with Gasteiger partial charge >= 0.3 is 0 Å². The van der Waals surface area contributed by atoms with Crippen molar-refractivity contribution in [1.82, 2.24) is 0 Å². The van der Waals surface area contributed by atoms with Crippen molar-refractivity contribution >= 4 is 0 Å². The molecule has 6 fully saturated rings. The van der Waals surface area contributed by atoms with Crippen LogP contribution in [-0.4, -0.2) is 0 Å². The van der Waals surface area contributed by atoms with Crippen molar-refractivity contribution in [2.75, 3.05) is 0 Å². The minimum atomic E-state index is 0.976. The molecular weight excluding hydrogens is 168 g/mol. The maximum absolute atomic E-state index is 1.69. The molecule has 14 heavy (non-hydrogen) atoms. The fourth-order valence-electron chi connectivity index (χ4n) is 8.84. The lowest BCUT2D eigenvalue weighted by molar-refractivity contribution is -0.498. The average molecular weight is 186 g/mol. The Labute approximate surface area is 85.4 Å². The smallest absolute Gasteiger partial charge is 0.0142 e. The second-order valence-electron chi connectivity index (χ2n) is 7.53. The summed E-state index contributed by atoms with van der Waals surface area (Å²) in [5.41, 5.74) is 3.92. The van der Waals surface area contributed by atoms with Crippen LogP contribution in [0.15, 0.2) is 0 Å². The van der Waals surface area contributed by atoms with Crippen LogP contribution in [0.1, 0.15) is 51.4 Å². The van der Waals surface area contributed by atoms with E-state index in [-0.39, 0.29) is 0 Å².